The first-order chi connectivity index (χ1) is 9.69. The molecule has 4 nitrogen and oxygen atoms in total. The fourth-order valence-corrected chi connectivity index (χ4v) is 2.65. The van der Waals surface area contributed by atoms with Gasteiger partial charge in [0, 0.05) is 18.6 Å². The highest BCUT2D eigenvalue weighted by atomic mass is 16.3. The summed E-state index contributed by atoms with van der Waals surface area (Å²) in [6.07, 6.45) is 1.25. The Morgan fingerprint density at radius 3 is 2.48 bits per heavy atom. The molecule has 0 aliphatic rings. The Hall–Kier alpha value is -1.39. The maximum absolute atomic E-state index is 10.8. The lowest BCUT2D eigenvalue weighted by molar-refractivity contribution is 0.0895. The van der Waals surface area contributed by atoms with Gasteiger partial charge in [-0.2, -0.15) is 0 Å². The molecule has 1 aromatic carbocycles. The summed E-state index contributed by atoms with van der Waals surface area (Å²) in [4.78, 5) is 4.37. The fourth-order valence-electron chi connectivity index (χ4n) is 2.65. The van der Waals surface area contributed by atoms with E-state index in [4.69, 9.17) is 0 Å². The monoisotopic (exact) mass is 289 g/mol. The van der Waals surface area contributed by atoms with Crippen LogP contribution >= 0.6 is 0 Å². The number of aryl methyl sites for hydroxylation is 1. The highest BCUT2D eigenvalue weighted by molar-refractivity contribution is 5.76. The average molecular weight is 289 g/mol. The number of hydrogen-bond acceptors (Lipinski definition) is 3. The van der Waals surface area contributed by atoms with Crippen LogP contribution in [0.25, 0.3) is 11.0 Å². The number of aromatic nitrogens is 2. The molecule has 0 fully saturated rings. The summed E-state index contributed by atoms with van der Waals surface area (Å²) in [5.74, 6) is 0.332. The van der Waals surface area contributed by atoms with Gasteiger partial charge in [-0.3, -0.25) is 0 Å². The highest BCUT2D eigenvalue weighted by Gasteiger charge is 2.28. The Morgan fingerprint density at radius 1 is 1.24 bits per heavy atom. The minimum atomic E-state index is -0.546. The zero-order chi connectivity index (χ0) is 15.8. The maximum atomic E-state index is 10.8. The quantitative estimate of drug-likeness (QED) is 0.909. The molecule has 0 aliphatic heterocycles. The Bertz CT molecular complexity index is 610. The SMILES string of the molecule is CC(C)C(NC(C)(C)C)C(O)c1ccc2c(c1)ncn2C. The van der Waals surface area contributed by atoms with Crippen LogP contribution in [0.15, 0.2) is 24.5 Å². The molecule has 116 valence electrons. The van der Waals surface area contributed by atoms with Crippen molar-refractivity contribution in [2.75, 3.05) is 0 Å². The van der Waals surface area contributed by atoms with Crippen molar-refractivity contribution in [1.29, 1.82) is 0 Å². The maximum Gasteiger partial charge on any atom is 0.0955 e. The number of fused-ring (bicyclic) bond motifs is 1. The molecule has 0 bridgehead atoms. The van der Waals surface area contributed by atoms with Gasteiger partial charge in [0.15, 0.2) is 0 Å². The van der Waals surface area contributed by atoms with Crippen LogP contribution in [0, 0.1) is 5.92 Å². The molecule has 21 heavy (non-hydrogen) atoms. The molecular weight excluding hydrogens is 262 g/mol. The number of aliphatic hydroxyl groups is 1. The third-order valence-corrected chi connectivity index (χ3v) is 3.75. The van der Waals surface area contributed by atoms with E-state index in [0.29, 0.717) is 5.92 Å². The second kappa shape index (κ2) is 5.78. The smallest absolute Gasteiger partial charge is 0.0955 e. The molecule has 0 saturated heterocycles. The van der Waals surface area contributed by atoms with E-state index in [2.05, 4.69) is 44.9 Å². The molecule has 2 N–H and O–H groups in total. The van der Waals surface area contributed by atoms with E-state index in [1.54, 1.807) is 6.33 Å². The van der Waals surface area contributed by atoms with Gasteiger partial charge < -0.3 is 15.0 Å². The summed E-state index contributed by atoms with van der Waals surface area (Å²) in [5.41, 5.74) is 2.88. The fraction of sp³-hybridized carbons (Fsp3) is 0.588. The first-order valence-corrected chi connectivity index (χ1v) is 7.56. The van der Waals surface area contributed by atoms with Crippen molar-refractivity contribution in [2.24, 2.45) is 13.0 Å². The second-order valence-corrected chi connectivity index (χ2v) is 7.21. The molecule has 2 aromatic rings. The van der Waals surface area contributed by atoms with Crippen LogP contribution in [0.3, 0.4) is 0 Å². The third-order valence-electron chi connectivity index (χ3n) is 3.75. The number of nitrogens with zero attached hydrogens (tertiary/aromatic N) is 2. The van der Waals surface area contributed by atoms with Crippen LogP contribution in [0.4, 0.5) is 0 Å². The molecule has 0 amide bonds. The summed E-state index contributed by atoms with van der Waals surface area (Å²) in [5, 5.41) is 14.3. The Labute approximate surface area is 127 Å². The first kappa shape index (κ1) is 16.0. The molecule has 2 atom stereocenters. The van der Waals surface area contributed by atoms with Gasteiger partial charge >= 0.3 is 0 Å². The normalized spacial score (nSPS) is 15.6. The van der Waals surface area contributed by atoms with Crippen LogP contribution in [-0.2, 0) is 7.05 Å². The average Bonchev–Trinajstić information content (AvgIpc) is 2.75. The summed E-state index contributed by atoms with van der Waals surface area (Å²) in [6.45, 7) is 10.6. The summed E-state index contributed by atoms with van der Waals surface area (Å²) in [6, 6.07) is 6.01. The van der Waals surface area contributed by atoms with Gasteiger partial charge in [0.2, 0.25) is 0 Å². The lowest BCUT2D eigenvalue weighted by Crippen LogP contribution is -2.49. The highest BCUT2D eigenvalue weighted by Crippen LogP contribution is 2.26. The van der Waals surface area contributed by atoms with Gasteiger partial charge in [-0.1, -0.05) is 19.9 Å². The topological polar surface area (TPSA) is 50.1 Å². The first-order valence-electron chi connectivity index (χ1n) is 7.56. The van der Waals surface area contributed by atoms with Crippen molar-refractivity contribution in [2.45, 2.75) is 52.3 Å². The number of benzene rings is 1. The third kappa shape index (κ3) is 3.63. The van der Waals surface area contributed by atoms with E-state index in [-0.39, 0.29) is 11.6 Å². The molecule has 0 aliphatic carbocycles. The lowest BCUT2D eigenvalue weighted by Gasteiger charge is -2.34. The zero-order valence-electron chi connectivity index (χ0n) is 13.9. The minimum Gasteiger partial charge on any atom is -0.387 e. The van der Waals surface area contributed by atoms with Crippen LogP contribution in [0.5, 0.6) is 0 Å². The summed E-state index contributed by atoms with van der Waals surface area (Å²) in [7, 11) is 1.98. The van der Waals surface area contributed by atoms with E-state index < -0.39 is 6.10 Å². The van der Waals surface area contributed by atoms with Crippen molar-refractivity contribution < 1.29 is 5.11 Å². The van der Waals surface area contributed by atoms with Gasteiger partial charge in [-0.25, -0.2) is 4.98 Å². The molecule has 0 saturated carbocycles. The van der Waals surface area contributed by atoms with Crippen molar-refractivity contribution in [3.05, 3.63) is 30.1 Å². The van der Waals surface area contributed by atoms with Crippen LogP contribution in [0.2, 0.25) is 0 Å². The van der Waals surface area contributed by atoms with Crippen molar-refractivity contribution >= 4 is 11.0 Å². The number of rotatable bonds is 4. The van der Waals surface area contributed by atoms with Gasteiger partial charge in [0.1, 0.15) is 0 Å². The summed E-state index contributed by atoms with van der Waals surface area (Å²) >= 11 is 0. The predicted octanol–water partition coefficient (Wildman–Crippen LogP) is 3.02. The molecule has 1 heterocycles. The van der Waals surface area contributed by atoms with Crippen molar-refractivity contribution in [3.8, 4) is 0 Å². The van der Waals surface area contributed by atoms with E-state index in [1.807, 2.05) is 29.8 Å². The molecule has 2 unspecified atom stereocenters. The van der Waals surface area contributed by atoms with Gasteiger partial charge in [0.05, 0.1) is 23.5 Å². The number of nitrogens with one attached hydrogen (secondary N) is 1. The molecule has 2 rings (SSSR count). The van der Waals surface area contributed by atoms with Crippen molar-refractivity contribution in [3.63, 3.8) is 0 Å². The van der Waals surface area contributed by atoms with E-state index in [1.165, 1.54) is 0 Å². The molecule has 0 spiro atoms. The second-order valence-electron chi connectivity index (χ2n) is 7.21. The molecule has 4 heteroatoms. The molecule has 1 aromatic heterocycles. The standard InChI is InChI=1S/C17H27N3O/c1-11(2)15(19-17(3,4)5)16(21)12-7-8-14-13(9-12)18-10-20(14)6/h7-11,15-16,19,21H,1-6H3. The molecular formula is C17H27N3O. The van der Waals surface area contributed by atoms with Crippen LogP contribution in [-0.4, -0.2) is 26.2 Å². The zero-order valence-corrected chi connectivity index (χ0v) is 13.9. The van der Waals surface area contributed by atoms with Crippen LogP contribution in [0.1, 0.15) is 46.3 Å². The van der Waals surface area contributed by atoms with Gasteiger partial charge in [-0.05, 0) is 44.4 Å². The van der Waals surface area contributed by atoms with Gasteiger partial charge in [0.25, 0.3) is 0 Å². The van der Waals surface area contributed by atoms with E-state index in [0.717, 1.165) is 16.6 Å². The van der Waals surface area contributed by atoms with Crippen molar-refractivity contribution in [1.82, 2.24) is 14.9 Å². The number of aliphatic hydroxyl groups excluding tert-OH is 1. The Kier molecular flexibility index (Phi) is 4.40. The largest absolute Gasteiger partial charge is 0.387 e. The van der Waals surface area contributed by atoms with Crippen LogP contribution < -0.4 is 5.32 Å². The summed E-state index contributed by atoms with van der Waals surface area (Å²) < 4.78 is 1.98. The van der Waals surface area contributed by atoms with Gasteiger partial charge in [-0.15, -0.1) is 0 Å². The number of imidazole rings is 1. The predicted molar refractivity (Wildman–Crippen MR) is 87.2 cm³/mol. The Balaban J connectivity index is 2.31. The Morgan fingerprint density at radius 2 is 1.90 bits per heavy atom. The minimum absolute atomic E-state index is 0.00571. The van der Waals surface area contributed by atoms with E-state index in [9.17, 15) is 5.11 Å². The van der Waals surface area contributed by atoms with E-state index >= 15 is 0 Å². The molecule has 0 radical (unpaired) electrons. The number of hydrogen-bond donors (Lipinski definition) is 2. The lowest BCUT2D eigenvalue weighted by atomic mass is 9.91.